The second-order valence-electron chi connectivity index (χ2n) is 3.60. The molecule has 1 N–H and O–H groups in total. The van der Waals surface area contributed by atoms with Crippen molar-refractivity contribution in [1.82, 2.24) is 0 Å². The molecule has 0 radical (unpaired) electrons. The highest BCUT2D eigenvalue weighted by Gasteiger charge is 2.06. The first kappa shape index (κ1) is 13.4. The molecule has 1 aromatic carbocycles. The number of rotatable bonds is 4. The van der Waals surface area contributed by atoms with Gasteiger partial charge in [-0.15, -0.1) is 11.8 Å². The Hall–Kier alpha value is -0.670. The number of nitrogens with one attached hydrogen (secondary N) is 1. The first-order valence-electron chi connectivity index (χ1n) is 5.22. The van der Waals surface area contributed by atoms with Gasteiger partial charge in [0.2, 0.25) is 0 Å². The predicted molar refractivity (Wildman–Crippen MR) is 72.2 cm³/mol. The van der Waals surface area contributed by atoms with Gasteiger partial charge in [-0.3, -0.25) is 5.41 Å². The molecule has 1 rings (SSSR count). The van der Waals surface area contributed by atoms with Crippen molar-refractivity contribution in [1.29, 1.82) is 5.41 Å². The van der Waals surface area contributed by atoms with E-state index >= 15 is 0 Å². The van der Waals surface area contributed by atoms with E-state index in [2.05, 4.69) is 0 Å². The van der Waals surface area contributed by atoms with Crippen molar-refractivity contribution in [2.24, 2.45) is 0 Å². The maximum atomic E-state index is 7.85. The third-order valence-electron chi connectivity index (χ3n) is 1.79. The van der Waals surface area contributed by atoms with Crippen LogP contribution < -0.4 is 4.74 Å². The van der Waals surface area contributed by atoms with Gasteiger partial charge >= 0.3 is 0 Å². The van der Waals surface area contributed by atoms with Crippen molar-refractivity contribution < 1.29 is 4.74 Å². The summed E-state index contributed by atoms with van der Waals surface area (Å²) >= 11 is 7.48. The van der Waals surface area contributed by atoms with Crippen molar-refractivity contribution in [3.63, 3.8) is 0 Å². The summed E-state index contributed by atoms with van der Waals surface area (Å²) in [5.41, 5.74) is 0.815. The molecule has 0 fully saturated rings. The zero-order valence-corrected chi connectivity index (χ0v) is 11.3. The summed E-state index contributed by atoms with van der Waals surface area (Å²) in [6.07, 6.45) is 0.110. The largest absolute Gasteiger partial charge is 0.491 e. The molecule has 88 valence electrons. The summed E-state index contributed by atoms with van der Waals surface area (Å²) in [7, 11) is 0. The van der Waals surface area contributed by atoms with Crippen LogP contribution in [0.25, 0.3) is 0 Å². The molecule has 4 heteroatoms. The molecule has 0 aliphatic rings. The van der Waals surface area contributed by atoms with Crippen LogP contribution in [0.2, 0.25) is 5.02 Å². The minimum Gasteiger partial charge on any atom is -0.491 e. The monoisotopic (exact) mass is 257 g/mol. The third-order valence-corrected chi connectivity index (χ3v) is 2.83. The van der Waals surface area contributed by atoms with Gasteiger partial charge in [0.1, 0.15) is 5.75 Å². The predicted octanol–water partition coefficient (Wildman–Crippen LogP) is 4.21. The lowest BCUT2D eigenvalue weighted by molar-refractivity contribution is 0.242. The van der Waals surface area contributed by atoms with E-state index in [1.807, 2.05) is 26.8 Å². The number of thioether (sulfide) groups is 1. The lowest BCUT2D eigenvalue weighted by atomic mass is 10.2. The zero-order valence-electron chi connectivity index (χ0n) is 9.71. The van der Waals surface area contributed by atoms with Crippen LogP contribution in [0, 0.1) is 5.41 Å². The third kappa shape index (κ3) is 4.06. The molecule has 0 aliphatic heterocycles. The molecule has 0 saturated carbocycles. The summed E-state index contributed by atoms with van der Waals surface area (Å²) in [6, 6.07) is 5.42. The SMILES string of the molecule is CCSC(=N)c1cc(Cl)cc(OC(C)C)c1. The van der Waals surface area contributed by atoms with E-state index in [0.29, 0.717) is 10.1 Å². The standard InChI is InChI=1S/C12H16ClNOS/c1-4-16-12(14)9-5-10(13)7-11(6-9)15-8(2)3/h5-8,14H,4H2,1-3H3. The lowest BCUT2D eigenvalue weighted by Crippen LogP contribution is -2.06. The summed E-state index contributed by atoms with van der Waals surface area (Å²) < 4.78 is 5.57. The minimum absolute atomic E-state index is 0.110. The zero-order chi connectivity index (χ0) is 12.1. The van der Waals surface area contributed by atoms with Crippen molar-refractivity contribution in [3.05, 3.63) is 28.8 Å². The Balaban J connectivity index is 2.93. The van der Waals surface area contributed by atoms with Crippen LogP contribution in [0.5, 0.6) is 5.75 Å². The molecule has 0 bridgehead atoms. The van der Waals surface area contributed by atoms with Crippen LogP contribution in [0.4, 0.5) is 0 Å². The van der Waals surface area contributed by atoms with E-state index in [1.54, 1.807) is 12.1 Å². The highest BCUT2D eigenvalue weighted by atomic mass is 35.5. The lowest BCUT2D eigenvalue weighted by Gasteiger charge is -2.11. The van der Waals surface area contributed by atoms with E-state index in [1.165, 1.54) is 11.8 Å². The van der Waals surface area contributed by atoms with Crippen LogP contribution in [0.15, 0.2) is 18.2 Å². The molecule has 0 atom stereocenters. The Morgan fingerprint density at radius 1 is 1.44 bits per heavy atom. The van der Waals surface area contributed by atoms with Crippen molar-refractivity contribution in [2.75, 3.05) is 5.75 Å². The Kier molecular flexibility index (Phi) is 5.16. The van der Waals surface area contributed by atoms with Gasteiger partial charge in [0.05, 0.1) is 11.1 Å². The topological polar surface area (TPSA) is 33.1 Å². The second kappa shape index (κ2) is 6.16. The van der Waals surface area contributed by atoms with Crippen molar-refractivity contribution in [2.45, 2.75) is 26.9 Å². The smallest absolute Gasteiger partial charge is 0.121 e. The second-order valence-corrected chi connectivity index (χ2v) is 5.32. The van der Waals surface area contributed by atoms with Gasteiger partial charge < -0.3 is 4.74 Å². The summed E-state index contributed by atoms with van der Waals surface area (Å²) in [5, 5.41) is 8.99. The number of ether oxygens (including phenoxy) is 1. The first-order chi connectivity index (χ1) is 7.52. The average Bonchev–Trinajstić information content (AvgIpc) is 2.15. The van der Waals surface area contributed by atoms with Gasteiger partial charge in [-0.1, -0.05) is 18.5 Å². The molecular weight excluding hydrogens is 242 g/mol. The van der Waals surface area contributed by atoms with Crippen LogP contribution in [-0.4, -0.2) is 16.9 Å². The fourth-order valence-corrected chi connectivity index (χ4v) is 2.06. The number of benzene rings is 1. The Bertz CT molecular complexity index is 379. The maximum absolute atomic E-state index is 7.85. The van der Waals surface area contributed by atoms with Gasteiger partial charge in [-0.25, -0.2) is 0 Å². The molecule has 0 aliphatic carbocycles. The van der Waals surface area contributed by atoms with Crippen molar-refractivity contribution >= 4 is 28.4 Å². The van der Waals surface area contributed by atoms with E-state index in [9.17, 15) is 0 Å². The van der Waals surface area contributed by atoms with Crippen LogP contribution >= 0.6 is 23.4 Å². The van der Waals surface area contributed by atoms with E-state index in [0.717, 1.165) is 17.1 Å². The quantitative estimate of drug-likeness (QED) is 0.648. The summed E-state index contributed by atoms with van der Waals surface area (Å²) in [5.74, 6) is 1.60. The number of halogens is 1. The van der Waals surface area contributed by atoms with E-state index < -0.39 is 0 Å². The highest BCUT2D eigenvalue weighted by Crippen LogP contribution is 2.24. The fraction of sp³-hybridized carbons (Fsp3) is 0.417. The number of hydrogen-bond donors (Lipinski definition) is 1. The highest BCUT2D eigenvalue weighted by molar-refractivity contribution is 8.14. The maximum Gasteiger partial charge on any atom is 0.121 e. The van der Waals surface area contributed by atoms with E-state index in [4.69, 9.17) is 21.7 Å². The van der Waals surface area contributed by atoms with Crippen LogP contribution in [-0.2, 0) is 0 Å². The Morgan fingerprint density at radius 3 is 2.69 bits per heavy atom. The first-order valence-corrected chi connectivity index (χ1v) is 6.58. The Morgan fingerprint density at radius 2 is 2.12 bits per heavy atom. The van der Waals surface area contributed by atoms with Gasteiger partial charge in [0, 0.05) is 10.6 Å². The molecule has 1 aromatic rings. The summed E-state index contributed by atoms with van der Waals surface area (Å²) in [6.45, 7) is 5.95. The van der Waals surface area contributed by atoms with Crippen LogP contribution in [0.1, 0.15) is 26.3 Å². The molecule has 0 unspecified atom stereocenters. The van der Waals surface area contributed by atoms with Crippen LogP contribution in [0.3, 0.4) is 0 Å². The summed E-state index contributed by atoms with van der Waals surface area (Å²) in [4.78, 5) is 0. The van der Waals surface area contributed by atoms with Gasteiger partial charge in [-0.05, 0) is 37.8 Å². The molecule has 0 saturated heterocycles. The van der Waals surface area contributed by atoms with E-state index in [-0.39, 0.29) is 6.10 Å². The molecule has 16 heavy (non-hydrogen) atoms. The molecule has 0 spiro atoms. The fourth-order valence-electron chi connectivity index (χ4n) is 1.26. The van der Waals surface area contributed by atoms with Gasteiger partial charge in [-0.2, -0.15) is 0 Å². The minimum atomic E-state index is 0.110. The normalized spacial score (nSPS) is 10.6. The molecule has 0 aromatic heterocycles. The number of hydrogen-bond acceptors (Lipinski definition) is 3. The molecule has 0 heterocycles. The molecule has 0 amide bonds. The molecule has 2 nitrogen and oxygen atoms in total. The molecular formula is C12H16ClNOS. The van der Waals surface area contributed by atoms with Gasteiger partial charge in [0.25, 0.3) is 0 Å². The Labute approximate surface area is 106 Å². The van der Waals surface area contributed by atoms with Crippen molar-refractivity contribution in [3.8, 4) is 5.75 Å². The average molecular weight is 258 g/mol. The van der Waals surface area contributed by atoms with Gasteiger partial charge in [0.15, 0.2) is 0 Å².